The fourth-order valence-corrected chi connectivity index (χ4v) is 8.97. The number of allylic oxidation sites excluding steroid dienone is 2. The summed E-state index contributed by atoms with van der Waals surface area (Å²) in [5, 5.41) is 2.56. The van der Waals surface area contributed by atoms with Crippen LogP contribution in [0.2, 0.25) is 0 Å². The third-order valence-corrected chi connectivity index (χ3v) is 11.3. The van der Waals surface area contributed by atoms with E-state index in [1.165, 1.54) is 88.9 Å². The first-order valence-electron chi connectivity index (χ1n) is 18.0. The molecule has 240 valence electrons. The summed E-state index contributed by atoms with van der Waals surface area (Å²) in [7, 11) is 0. The van der Waals surface area contributed by atoms with Crippen LogP contribution in [0.4, 0.5) is 11.4 Å². The van der Waals surface area contributed by atoms with Crippen LogP contribution < -0.4 is 4.90 Å². The molecule has 2 atom stereocenters. The number of para-hydroxylation sites is 4. The van der Waals surface area contributed by atoms with E-state index >= 15 is 0 Å². The van der Waals surface area contributed by atoms with E-state index in [-0.39, 0.29) is 6.04 Å². The van der Waals surface area contributed by atoms with E-state index in [2.05, 4.69) is 191 Å². The molecule has 0 bridgehead atoms. The van der Waals surface area contributed by atoms with Crippen molar-refractivity contribution >= 4 is 38.8 Å². The Hall–Kier alpha value is -6.38. The van der Waals surface area contributed by atoms with E-state index in [1.54, 1.807) is 0 Å². The predicted octanol–water partition coefficient (Wildman–Crippen LogP) is 12.3. The quantitative estimate of drug-likeness (QED) is 0.184. The fraction of sp³-hybridized carbons (Fsp3) is 0.0612. The van der Waals surface area contributed by atoms with Gasteiger partial charge in [-0.3, -0.25) is 0 Å². The minimum Gasteiger partial charge on any atom is -0.333 e. The molecule has 2 aliphatic carbocycles. The number of benzene rings is 7. The van der Waals surface area contributed by atoms with Crippen LogP contribution in [0.3, 0.4) is 0 Å². The second-order valence-corrected chi connectivity index (χ2v) is 14.1. The molecule has 1 aromatic heterocycles. The van der Waals surface area contributed by atoms with Gasteiger partial charge in [0.1, 0.15) is 0 Å². The predicted molar refractivity (Wildman–Crippen MR) is 213 cm³/mol. The van der Waals surface area contributed by atoms with Crippen LogP contribution in [0.15, 0.2) is 182 Å². The van der Waals surface area contributed by atoms with E-state index < -0.39 is 0 Å². The van der Waals surface area contributed by atoms with Crippen molar-refractivity contribution < 1.29 is 0 Å². The van der Waals surface area contributed by atoms with Crippen molar-refractivity contribution in [1.82, 2.24) is 4.57 Å². The number of nitrogens with zero attached hydrogens (tertiary/aromatic N) is 2. The summed E-state index contributed by atoms with van der Waals surface area (Å²) in [4.78, 5) is 2.50. The smallest absolute Gasteiger partial charge is 0.0630 e. The van der Waals surface area contributed by atoms with Crippen LogP contribution in [-0.4, -0.2) is 10.6 Å². The SMILES string of the molecule is C1=CC2C(C=C1c1ccc3c(c1)-c1cc(-c4ccc5c(c4)c4ccccc4n5-c4ccccc4)ccc1C3)c1ccccc1N2c1ccccc1. The molecule has 0 amide bonds. The Morgan fingerprint density at radius 3 is 1.94 bits per heavy atom. The molecule has 0 radical (unpaired) electrons. The van der Waals surface area contributed by atoms with E-state index in [0.717, 1.165) is 6.42 Å². The van der Waals surface area contributed by atoms with E-state index in [9.17, 15) is 0 Å². The third-order valence-electron chi connectivity index (χ3n) is 11.3. The lowest BCUT2D eigenvalue weighted by molar-refractivity contribution is 0.747. The summed E-state index contributed by atoms with van der Waals surface area (Å²) < 4.78 is 2.38. The van der Waals surface area contributed by atoms with Gasteiger partial charge in [0.2, 0.25) is 0 Å². The number of fused-ring (bicyclic) bond motifs is 9. The van der Waals surface area contributed by atoms with E-state index in [0.29, 0.717) is 5.92 Å². The Labute approximate surface area is 297 Å². The van der Waals surface area contributed by atoms with Crippen molar-refractivity contribution in [3.05, 3.63) is 204 Å². The topological polar surface area (TPSA) is 8.17 Å². The Morgan fingerprint density at radius 1 is 0.490 bits per heavy atom. The number of aromatic nitrogens is 1. The van der Waals surface area contributed by atoms with Gasteiger partial charge in [0.25, 0.3) is 0 Å². The lowest BCUT2D eigenvalue weighted by Gasteiger charge is -2.29. The van der Waals surface area contributed by atoms with Gasteiger partial charge in [-0.05, 0) is 117 Å². The molecule has 8 aromatic rings. The maximum absolute atomic E-state index is 2.50. The number of anilines is 2. The summed E-state index contributed by atoms with van der Waals surface area (Å²) in [6.07, 6.45) is 8.24. The van der Waals surface area contributed by atoms with Gasteiger partial charge in [0.05, 0.1) is 17.1 Å². The zero-order chi connectivity index (χ0) is 33.5. The molecule has 0 saturated heterocycles. The normalized spacial score (nSPS) is 16.9. The highest BCUT2D eigenvalue weighted by molar-refractivity contribution is 6.10. The van der Waals surface area contributed by atoms with Crippen LogP contribution >= 0.6 is 0 Å². The van der Waals surface area contributed by atoms with Gasteiger partial charge in [0, 0.05) is 33.8 Å². The van der Waals surface area contributed by atoms with Crippen molar-refractivity contribution in [3.8, 4) is 27.9 Å². The molecular weight excluding hydrogens is 617 g/mol. The molecular formula is C49H34N2. The summed E-state index contributed by atoms with van der Waals surface area (Å²) in [6.45, 7) is 0. The average Bonchev–Trinajstić information content (AvgIpc) is 3.85. The molecule has 2 heterocycles. The molecule has 7 aromatic carbocycles. The Balaban J connectivity index is 0.969. The lowest BCUT2D eigenvalue weighted by Crippen LogP contribution is -2.28. The van der Waals surface area contributed by atoms with Crippen molar-refractivity contribution in [2.24, 2.45) is 0 Å². The Bertz CT molecular complexity index is 2730. The van der Waals surface area contributed by atoms with Gasteiger partial charge in [-0.2, -0.15) is 0 Å². The number of rotatable bonds is 4. The standard InChI is InChI=1S/C49H34N2/c1-3-11-38(12-4-1)50-46-17-9-7-15-40(46)44-30-34(23-25-48(44)50)32-19-21-36-27-37-22-20-33(29-43(37)42(36)28-32)35-24-26-49-45(31-35)41-16-8-10-18-47(41)51(49)39-13-5-2-6-14-39/h1-26,28-31,44,48H,27H2. The van der Waals surface area contributed by atoms with Crippen LogP contribution in [-0.2, 0) is 6.42 Å². The lowest BCUT2D eigenvalue weighted by atomic mass is 9.85. The Kier molecular flexibility index (Phi) is 6.17. The first kappa shape index (κ1) is 28.5. The molecule has 0 spiro atoms. The van der Waals surface area contributed by atoms with Gasteiger partial charge >= 0.3 is 0 Å². The molecule has 1 aliphatic heterocycles. The maximum atomic E-state index is 2.50. The number of hydrogen-bond donors (Lipinski definition) is 0. The molecule has 51 heavy (non-hydrogen) atoms. The van der Waals surface area contributed by atoms with Gasteiger partial charge in [-0.15, -0.1) is 0 Å². The van der Waals surface area contributed by atoms with Crippen molar-refractivity contribution in [2.75, 3.05) is 4.90 Å². The van der Waals surface area contributed by atoms with Crippen molar-refractivity contribution in [3.63, 3.8) is 0 Å². The van der Waals surface area contributed by atoms with Crippen molar-refractivity contribution in [2.45, 2.75) is 18.4 Å². The highest BCUT2D eigenvalue weighted by Crippen LogP contribution is 2.49. The Morgan fingerprint density at radius 2 is 1.12 bits per heavy atom. The van der Waals surface area contributed by atoms with Gasteiger partial charge in [-0.1, -0.05) is 121 Å². The van der Waals surface area contributed by atoms with Crippen LogP contribution in [0.25, 0.3) is 55.3 Å². The second kappa shape index (κ2) is 11.1. The largest absolute Gasteiger partial charge is 0.333 e. The zero-order valence-electron chi connectivity index (χ0n) is 28.1. The zero-order valence-corrected chi connectivity index (χ0v) is 28.1. The second-order valence-electron chi connectivity index (χ2n) is 14.1. The minimum absolute atomic E-state index is 0.269. The third kappa shape index (κ3) is 4.36. The van der Waals surface area contributed by atoms with Crippen LogP contribution in [0.1, 0.15) is 28.2 Å². The fourth-order valence-electron chi connectivity index (χ4n) is 8.97. The molecule has 2 nitrogen and oxygen atoms in total. The molecule has 2 heteroatoms. The van der Waals surface area contributed by atoms with Gasteiger partial charge in [-0.25, -0.2) is 0 Å². The molecule has 0 saturated carbocycles. The van der Waals surface area contributed by atoms with Gasteiger partial charge in [0.15, 0.2) is 0 Å². The highest BCUT2D eigenvalue weighted by Gasteiger charge is 2.38. The average molecular weight is 651 g/mol. The summed E-state index contributed by atoms with van der Waals surface area (Å²) >= 11 is 0. The molecule has 3 aliphatic rings. The van der Waals surface area contributed by atoms with Crippen LogP contribution in [0.5, 0.6) is 0 Å². The molecule has 0 fully saturated rings. The summed E-state index contributed by atoms with van der Waals surface area (Å²) in [6, 6.07) is 60.6. The highest BCUT2D eigenvalue weighted by atomic mass is 15.2. The molecule has 0 N–H and O–H groups in total. The maximum Gasteiger partial charge on any atom is 0.0630 e. The van der Waals surface area contributed by atoms with Crippen LogP contribution in [0, 0.1) is 0 Å². The molecule has 11 rings (SSSR count). The summed E-state index contributed by atoms with van der Waals surface area (Å²) in [5.41, 5.74) is 18.2. The van der Waals surface area contributed by atoms with E-state index in [4.69, 9.17) is 0 Å². The van der Waals surface area contributed by atoms with Gasteiger partial charge < -0.3 is 9.47 Å². The minimum atomic E-state index is 0.269. The monoisotopic (exact) mass is 650 g/mol. The summed E-state index contributed by atoms with van der Waals surface area (Å²) in [5.74, 6) is 0.302. The first-order chi connectivity index (χ1) is 25.3. The first-order valence-corrected chi connectivity index (χ1v) is 18.0. The molecule has 2 unspecified atom stereocenters. The van der Waals surface area contributed by atoms with Crippen molar-refractivity contribution in [1.29, 1.82) is 0 Å². The van der Waals surface area contributed by atoms with E-state index in [1.807, 2.05) is 0 Å². The number of hydrogen-bond acceptors (Lipinski definition) is 1.